The van der Waals surface area contributed by atoms with Crippen LogP contribution in [0.2, 0.25) is 0 Å². The van der Waals surface area contributed by atoms with Crippen molar-refractivity contribution in [3.8, 4) is 0 Å². The Morgan fingerprint density at radius 3 is 2.48 bits per heavy atom. The van der Waals surface area contributed by atoms with Gasteiger partial charge in [-0.15, -0.1) is 11.3 Å². The van der Waals surface area contributed by atoms with Gasteiger partial charge in [0.2, 0.25) is 0 Å². The fourth-order valence-corrected chi connectivity index (χ4v) is 3.67. The first-order valence-corrected chi connectivity index (χ1v) is 7.95. The molecule has 0 aliphatic carbocycles. The molecule has 1 fully saturated rings. The van der Waals surface area contributed by atoms with E-state index in [4.69, 9.17) is 0 Å². The van der Waals surface area contributed by atoms with Crippen LogP contribution in [0.5, 0.6) is 0 Å². The number of carbonyl (C=O) groups is 2. The molecular formula is C17H17NO2S. The molecule has 1 amide bonds. The molecule has 0 bridgehead atoms. The van der Waals surface area contributed by atoms with Gasteiger partial charge in [-0.2, -0.15) is 0 Å². The van der Waals surface area contributed by atoms with Crippen molar-refractivity contribution in [2.45, 2.75) is 25.8 Å². The standard InChI is InChI=1S/C17H17NO2S/c1-12(19)15-9-10-16(21-15)17(20)18-11-5-8-14(18)13-6-3-2-4-7-13/h2-4,6-7,9-10,14H,5,8,11H2,1H3. The number of likely N-dealkylation sites (tertiary alicyclic amines) is 1. The van der Waals surface area contributed by atoms with Gasteiger partial charge < -0.3 is 4.90 Å². The van der Waals surface area contributed by atoms with Gasteiger partial charge in [0.1, 0.15) is 0 Å². The van der Waals surface area contributed by atoms with Crippen molar-refractivity contribution in [3.05, 3.63) is 57.8 Å². The molecule has 0 saturated carbocycles. The Morgan fingerprint density at radius 1 is 1.10 bits per heavy atom. The van der Waals surface area contributed by atoms with Crippen molar-refractivity contribution in [2.75, 3.05) is 6.54 Å². The molecule has 2 heterocycles. The molecule has 1 saturated heterocycles. The van der Waals surface area contributed by atoms with Gasteiger partial charge in [0, 0.05) is 6.54 Å². The summed E-state index contributed by atoms with van der Waals surface area (Å²) in [6.45, 7) is 2.31. The van der Waals surface area contributed by atoms with Crippen LogP contribution in [0.25, 0.3) is 0 Å². The van der Waals surface area contributed by atoms with Crippen LogP contribution >= 0.6 is 11.3 Å². The Balaban J connectivity index is 1.84. The maximum atomic E-state index is 12.7. The van der Waals surface area contributed by atoms with Gasteiger partial charge in [-0.1, -0.05) is 30.3 Å². The van der Waals surface area contributed by atoms with Crippen LogP contribution in [0.15, 0.2) is 42.5 Å². The minimum Gasteiger partial charge on any atom is -0.331 e. The lowest BCUT2D eigenvalue weighted by Gasteiger charge is -2.24. The lowest BCUT2D eigenvalue weighted by Crippen LogP contribution is -2.29. The lowest BCUT2D eigenvalue weighted by atomic mass is 10.0. The molecule has 0 N–H and O–H groups in total. The van der Waals surface area contributed by atoms with Gasteiger partial charge in [-0.05, 0) is 37.5 Å². The quantitative estimate of drug-likeness (QED) is 0.805. The first kappa shape index (κ1) is 14.0. The molecule has 1 aliphatic rings. The first-order chi connectivity index (χ1) is 10.2. The van der Waals surface area contributed by atoms with E-state index in [1.165, 1.54) is 23.8 Å². The summed E-state index contributed by atoms with van der Waals surface area (Å²) in [6, 6.07) is 13.8. The number of amides is 1. The molecule has 1 aromatic heterocycles. The van der Waals surface area contributed by atoms with E-state index in [0.29, 0.717) is 9.75 Å². The van der Waals surface area contributed by atoms with Crippen LogP contribution in [0.1, 0.15) is 50.7 Å². The number of Topliss-reactive ketones (excluding diaryl/α,β-unsaturated/α-hetero) is 1. The van der Waals surface area contributed by atoms with E-state index < -0.39 is 0 Å². The Morgan fingerprint density at radius 2 is 1.81 bits per heavy atom. The molecule has 2 aromatic rings. The number of rotatable bonds is 3. The number of ketones is 1. The summed E-state index contributed by atoms with van der Waals surface area (Å²) >= 11 is 1.29. The van der Waals surface area contributed by atoms with Gasteiger partial charge >= 0.3 is 0 Å². The van der Waals surface area contributed by atoms with E-state index >= 15 is 0 Å². The molecule has 3 nitrogen and oxygen atoms in total. The second-order valence-electron chi connectivity index (χ2n) is 5.29. The zero-order chi connectivity index (χ0) is 14.8. The summed E-state index contributed by atoms with van der Waals surface area (Å²) in [4.78, 5) is 27.3. The van der Waals surface area contributed by atoms with Crippen molar-refractivity contribution >= 4 is 23.0 Å². The first-order valence-electron chi connectivity index (χ1n) is 7.13. The summed E-state index contributed by atoms with van der Waals surface area (Å²) in [5.74, 6) is 0.0546. The Bertz CT molecular complexity index is 662. The highest BCUT2D eigenvalue weighted by Crippen LogP contribution is 2.34. The van der Waals surface area contributed by atoms with E-state index in [9.17, 15) is 9.59 Å². The molecule has 4 heteroatoms. The van der Waals surface area contributed by atoms with Crippen LogP contribution in [0.3, 0.4) is 0 Å². The number of hydrogen-bond donors (Lipinski definition) is 0. The number of thiophene rings is 1. The zero-order valence-electron chi connectivity index (χ0n) is 11.9. The number of nitrogens with zero attached hydrogens (tertiary/aromatic N) is 1. The SMILES string of the molecule is CC(=O)c1ccc(C(=O)N2CCCC2c2ccccc2)s1. The maximum Gasteiger partial charge on any atom is 0.264 e. The average molecular weight is 299 g/mol. The van der Waals surface area contributed by atoms with Gasteiger partial charge in [0.15, 0.2) is 5.78 Å². The van der Waals surface area contributed by atoms with Crippen molar-refractivity contribution < 1.29 is 9.59 Å². The second kappa shape index (κ2) is 5.82. The molecular weight excluding hydrogens is 282 g/mol. The summed E-state index contributed by atoms with van der Waals surface area (Å²) < 4.78 is 0. The van der Waals surface area contributed by atoms with Gasteiger partial charge in [-0.25, -0.2) is 0 Å². The highest BCUT2D eigenvalue weighted by atomic mass is 32.1. The topological polar surface area (TPSA) is 37.4 Å². The summed E-state index contributed by atoms with van der Waals surface area (Å²) in [7, 11) is 0. The van der Waals surface area contributed by atoms with Crippen molar-refractivity contribution in [1.82, 2.24) is 4.90 Å². The van der Waals surface area contributed by atoms with Crippen molar-refractivity contribution in [2.24, 2.45) is 0 Å². The summed E-state index contributed by atoms with van der Waals surface area (Å²) in [5.41, 5.74) is 1.19. The van der Waals surface area contributed by atoms with E-state index in [1.54, 1.807) is 12.1 Å². The number of carbonyl (C=O) groups excluding carboxylic acids is 2. The highest BCUT2D eigenvalue weighted by molar-refractivity contribution is 7.15. The third-order valence-corrected chi connectivity index (χ3v) is 5.04. The summed E-state index contributed by atoms with van der Waals surface area (Å²) in [6.07, 6.45) is 2.02. The number of benzene rings is 1. The third kappa shape index (κ3) is 2.76. The predicted molar refractivity (Wildman–Crippen MR) is 83.8 cm³/mol. The minimum absolute atomic E-state index is 0.0140. The molecule has 1 unspecified atom stereocenters. The summed E-state index contributed by atoms with van der Waals surface area (Å²) in [5, 5.41) is 0. The number of hydrogen-bond acceptors (Lipinski definition) is 3. The van der Waals surface area contributed by atoms with Crippen LogP contribution in [-0.2, 0) is 0 Å². The maximum absolute atomic E-state index is 12.7. The highest BCUT2D eigenvalue weighted by Gasteiger charge is 2.31. The van der Waals surface area contributed by atoms with Crippen LogP contribution in [0, 0.1) is 0 Å². The zero-order valence-corrected chi connectivity index (χ0v) is 12.7. The van der Waals surface area contributed by atoms with Crippen molar-refractivity contribution in [3.63, 3.8) is 0 Å². The van der Waals surface area contributed by atoms with E-state index in [2.05, 4.69) is 12.1 Å². The molecule has 3 rings (SSSR count). The molecule has 0 radical (unpaired) electrons. The lowest BCUT2D eigenvalue weighted by molar-refractivity contribution is 0.0740. The van der Waals surface area contributed by atoms with Gasteiger partial charge in [0.05, 0.1) is 15.8 Å². The Kier molecular flexibility index (Phi) is 3.88. The van der Waals surface area contributed by atoms with E-state index in [-0.39, 0.29) is 17.7 Å². The molecule has 1 aliphatic heterocycles. The van der Waals surface area contributed by atoms with Crippen molar-refractivity contribution in [1.29, 1.82) is 0 Å². The molecule has 1 atom stereocenters. The smallest absolute Gasteiger partial charge is 0.264 e. The molecule has 21 heavy (non-hydrogen) atoms. The minimum atomic E-state index is 0.0140. The second-order valence-corrected chi connectivity index (χ2v) is 6.37. The fourth-order valence-electron chi connectivity index (χ4n) is 2.82. The van der Waals surface area contributed by atoms with E-state index in [1.807, 2.05) is 23.1 Å². The largest absolute Gasteiger partial charge is 0.331 e. The van der Waals surface area contributed by atoms with Gasteiger partial charge in [-0.3, -0.25) is 9.59 Å². The average Bonchev–Trinajstić information content (AvgIpc) is 3.17. The monoisotopic (exact) mass is 299 g/mol. The Hall–Kier alpha value is -1.94. The molecule has 0 spiro atoms. The predicted octanol–water partition coefficient (Wildman–Crippen LogP) is 3.93. The molecule has 108 valence electrons. The van der Waals surface area contributed by atoms with Gasteiger partial charge in [0.25, 0.3) is 5.91 Å². The normalized spacial score (nSPS) is 18.0. The molecule has 1 aromatic carbocycles. The van der Waals surface area contributed by atoms with Crippen LogP contribution in [0.4, 0.5) is 0 Å². The van der Waals surface area contributed by atoms with Crippen LogP contribution < -0.4 is 0 Å². The van der Waals surface area contributed by atoms with Crippen LogP contribution in [-0.4, -0.2) is 23.1 Å². The Labute approximate surface area is 128 Å². The van der Waals surface area contributed by atoms with E-state index in [0.717, 1.165) is 19.4 Å². The third-order valence-electron chi connectivity index (χ3n) is 3.86. The fraction of sp³-hybridized carbons (Fsp3) is 0.294.